The number of nitrogens with zero attached hydrogens (tertiary/aromatic N) is 4. The van der Waals surface area contributed by atoms with Crippen LogP contribution in [-0.2, 0) is 13.1 Å². The average Bonchev–Trinajstić information content (AvgIpc) is 3.16. The lowest BCUT2D eigenvalue weighted by Gasteiger charge is -2.21. The Balaban J connectivity index is 0.00000225. The first-order valence-corrected chi connectivity index (χ1v) is 8.04. The van der Waals surface area contributed by atoms with Gasteiger partial charge in [-0.15, -0.1) is 24.0 Å². The SMILES string of the molecule is CN=C(NCCn1cc(C)cn1)N(C)Cc1cc2ccccc2o1.I. The van der Waals surface area contributed by atoms with Gasteiger partial charge in [-0.3, -0.25) is 9.67 Å². The van der Waals surface area contributed by atoms with Crippen molar-refractivity contribution in [2.45, 2.75) is 20.0 Å². The van der Waals surface area contributed by atoms with Crippen LogP contribution in [-0.4, -0.2) is 41.3 Å². The summed E-state index contributed by atoms with van der Waals surface area (Å²) in [5.41, 5.74) is 2.08. The highest BCUT2D eigenvalue weighted by Gasteiger charge is 2.10. The molecule has 25 heavy (non-hydrogen) atoms. The minimum absolute atomic E-state index is 0. The molecule has 3 rings (SSSR count). The number of rotatable bonds is 5. The molecule has 6 nitrogen and oxygen atoms in total. The van der Waals surface area contributed by atoms with Crippen LogP contribution in [0.4, 0.5) is 0 Å². The molecule has 134 valence electrons. The second-order valence-corrected chi connectivity index (χ2v) is 5.86. The first-order chi connectivity index (χ1) is 11.7. The van der Waals surface area contributed by atoms with Gasteiger partial charge in [-0.25, -0.2) is 0 Å². The quantitative estimate of drug-likeness (QED) is 0.366. The number of hydrogen-bond donors (Lipinski definition) is 1. The summed E-state index contributed by atoms with van der Waals surface area (Å²) in [7, 11) is 3.79. The predicted octanol–water partition coefficient (Wildman–Crippen LogP) is 3.26. The summed E-state index contributed by atoms with van der Waals surface area (Å²) >= 11 is 0. The second kappa shape index (κ2) is 8.89. The molecule has 0 fully saturated rings. The van der Waals surface area contributed by atoms with Crippen LogP contribution in [0, 0.1) is 6.92 Å². The number of furan rings is 1. The molecule has 0 aliphatic carbocycles. The van der Waals surface area contributed by atoms with Crippen LogP contribution in [0.5, 0.6) is 0 Å². The predicted molar refractivity (Wildman–Crippen MR) is 111 cm³/mol. The first-order valence-electron chi connectivity index (χ1n) is 8.04. The fourth-order valence-corrected chi connectivity index (χ4v) is 2.68. The highest BCUT2D eigenvalue weighted by molar-refractivity contribution is 14.0. The van der Waals surface area contributed by atoms with Gasteiger partial charge < -0.3 is 14.6 Å². The minimum atomic E-state index is 0. The largest absolute Gasteiger partial charge is 0.459 e. The summed E-state index contributed by atoms with van der Waals surface area (Å²) in [5.74, 6) is 1.75. The van der Waals surface area contributed by atoms with Gasteiger partial charge in [-0.05, 0) is 24.6 Å². The topological polar surface area (TPSA) is 58.6 Å². The van der Waals surface area contributed by atoms with Gasteiger partial charge in [-0.2, -0.15) is 5.10 Å². The van der Waals surface area contributed by atoms with Crippen molar-refractivity contribution < 1.29 is 4.42 Å². The third-order valence-corrected chi connectivity index (χ3v) is 3.83. The van der Waals surface area contributed by atoms with Crippen molar-refractivity contribution >= 4 is 40.9 Å². The Morgan fingerprint density at radius 2 is 2.16 bits per heavy atom. The van der Waals surface area contributed by atoms with Crippen LogP contribution < -0.4 is 5.32 Å². The maximum atomic E-state index is 5.87. The van der Waals surface area contributed by atoms with E-state index >= 15 is 0 Å². The Bertz CT molecular complexity index is 806. The van der Waals surface area contributed by atoms with Crippen LogP contribution in [0.25, 0.3) is 11.0 Å². The molecule has 0 aliphatic heterocycles. The number of nitrogens with one attached hydrogen (secondary N) is 1. The zero-order valence-corrected chi connectivity index (χ0v) is 17.1. The van der Waals surface area contributed by atoms with Crippen molar-refractivity contribution in [3.63, 3.8) is 0 Å². The van der Waals surface area contributed by atoms with E-state index in [4.69, 9.17) is 4.42 Å². The molecule has 0 amide bonds. The smallest absolute Gasteiger partial charge is 0.193 e. The Kier molecular flexibility index (Phi) is 6.86. The Hall–Kier alpha value is -2.03. The van der Waals surface area contributed by atoms with Crippen molar-refractivity contribution in [3.05, 3.63) is 54.0 Å². The molecule has 1 aromatic carbocycles. The molecule has 0 atom stereocenters. The molecule has 0 saturated heterocycles. The lowest BCUT2D eigenvalue weighted by atomic mass is 10.2. The summed E-state index contributed by atoms with van der Waals surface area (Å²) in [6.07, 6.45) is 3.89. The third-order valence-electron chi connectivity index (χ3n) is 3.83. The van der Waals surface area contributed by atoms with E-state index in [0.717, 1.165) is 35.8 Å². The van der Waals surface area contributed by atoms with Crippen LogP contribution in [0.1, 0.15) is 11.3 Å². The summed E-state index contributed by atoms with van der Waals surface area (Å²) in [4.78, 5) is 6.38. The van der Waals surface area contributed by atoms with E-state index in [1.54, 1.807) is 7.05 Å². The van der Waals surface area contributed by atoms with E-state index in [1.165, 1.54) is 5.56 Å². The monoisotopic (exact) mass is 453 g/mol. The summed E-state index contributed by atoms with van der Waals surface area (Å²) in [6.45, 7) is 4.26. The number of para-hydroxylation sites is 1. The fourth-order valence-electron chi connectivity index (χ4n) is 2.68. The third kappa shape index (κ3) is 4.97. The van der Waals surface area contributed by atoms with Gasteiger partial charge in [0.25, 0.3) is 0 Å². The van der Waals surface area contributed by atoms with Crippen molar-refractivity contribution in [2.75, 3.05) is 20.6 Å². The van der Waals surface area contributed by atoms with Crippen LogP contribution in [0.3, 0.4) is 0 Å². The van der Waals surface area contributed by atoms with Crippen molar-refractivity contribution in [3.8, 4) is 0 Å². The number of guanidine groups is 1. The molecular formula is C18H24IN5O. The number of halogens is 1. The Morgan fingerprint density at radius 3 is 2.84 bits per heavy atom. The van der Waals surface area contributed by atoms with Gasteiger partial charge in [0, 0.05) is 32.2 Å². The van der Waals surface area contributed by atoms with E-state index in [1.807, 2.05) is 54.1 Å². The van der Waals surface area contributed by atoms with Crippen LogP contribution in [0.2, 0.25) is 0 Å². The van der Waals surface area contributed by atoms with E-state index in [0.29, 0.717) is 6.54 Å². The highest BCUT2D eigenvalue weighted by atomic mass is 127. The van der Waals surface area contributed by atoms with Crippen LogP contribution in [0.15, 0.2) is 52.1 Å². The lowest BCUT2D eigenvalue weighted by Crippen LogP contribution is -2.39. The second-order valence-electron chi connectivity index (χ2n) is 5.86. The molecule has 0 aliphatic rings. The Labute approximate surface area is 164 Å². The number of benzene rings is 1. The Morgan fingerprint density at radius 1 is 1.36 bits per heavy atom. The van der Waals surface area contributed by atoms with E-state index in [2.05, 4.69) is 27.5 Å². The number of aliphatic imine (C=N–C) groups is 1. The highest BCUT2D eigenvalue weighted by Crippen LogP contribution is 2.19. The molecule has 0 unspecified atom stereocenters. The zero-order valence-electron chi connectivity index (χ0n) is 14.8. The standard InChI is InChI=1S/C18H23N5O.HI/c1-14-11-21-23(12-14)9-8-20-18(19-2)22(3)13-16-10-15-6-4-5-7-17(15)24-16;/h4-7,10-12H,8-9,13H2,1-3H3,(H,19,20);1H. The lowest BCUT2D eigenvalue weighted by molar-refractivity contribution is 0.411. The zero-order chi connectivity index (χ0) is 16.9. The maximum absolute atomic E-state index is 5.87. The van der Waals surface area contributed by atoms with Gasteiger partial charge in [-0.1, -0.05) is 18.2 Å². The molecule has 3 aromatic rings. The molecule has 2 heterocycles. The molecule has 0 bridgehead atoms. The van der Waals surface area contributed by atoms with Crippen molar-refractivity contribution in [1.29, 1.82) is 0 Å². The van der Waals surface area contributed by atoms with Crippen molar-refractivity contribution in [1.82, 2.24) is 20.0 Å². The minimum Gasteiger partial charge on any atom is -0.459 e. The van der Waals surface area contributed by atoms with Gasteiger partial charge in [0.2, 0.25) is 0 Å². The van der Waals surface area contributed by atoms with Gasteiger partial charge in [0.15, 0.2) is 5.96 Å². The molecule has 7 heteroatoms. The number of aromatic nitrogens is 2. The van der Waals surface area contributed by atoms with Crippen LogP contribution >= 0.6 is 24.0 Å². The normalized spacial score (nSPS) is 11.4. The van der Waals surface area contributed by atoms with E-state index in [-0.39, 0.29) is 24.0 Å². The van der Waals surface area contributed by atoms with E-state index in [9.17, 15) is 0 Å². The van der Waals surface area contributed by atoms with Crippen molar-refractivity contribution in [2.24, 2.45) is 4.99 Å². The maximum Gasteiger partial charge on any atom is 0.193 e. The molecular weight excluding hydrogens is 429 g/mol. The van der Waals surface area contributed by atoms with Gasteiger partial charge in [0.1, 0.15) is 11.3 Å². The summed E-state index contributed by atoms with van der Waals surface area (Å²) in [6, 6.07) is 10.1. The summed E-state index contributed by atoms with van der Waals surface area (Å²) < 4.78 is 7.80. The fraction of sp³-hybridized carbons (Fsp3) is 0.333. The van der Waals surface area contributed by atoms with E-state index < -0.39 is 0 Å². The number of hydrogen-bond acceptors (Lipinski definition) is 3. The molecule has 0 radical (unpaired) electrons. The number of aryl methyl sites for hydroxylation is 1. The van der Waals surface area contributed by atoms with Gasteiger partial charge in [0.05, 0.1) is 19.3 Å². The molecule has 1 N–H and O–H groups in total. The summed E-state index contributed by atoms with van der Waals surface area (Å²) in [5, 5.41) is 8.76. The first kappa shape index (κ1) is 19.3. The van der Waals surface area contributed by atoms with Gasteiger partial charge >= 0.3 is 0 Å². The average molecular weight is 453 g/mol. The molecule has 2 aromatic heterocycles. The molecule has 0 spiro atoms. The number of fused-ring (bicyclic) bond motifs is 1. The molecule has 0 saturated carbocycles.